The first-order chi connectivity index (χ1) is 6.71. The van der Waals surface area contributed by atoms with Crippen molar-refractivity contribution in [3.63, 3.8) is 0 Å². The lowest BCUT2D eigenvalue weighted by molar-refractivity contribution is -0.123. The van der Waals surface area contributed by atoms with Crippen LogP contribution in [0.2, 0.25) is 0 Å². The number of hydrogen-bond acceptors (Lipinski definition) is 2. The first kappa shape index (κ1) is 10.2. The molecule has 2 aliphatic rings. The predicted molar refractivity (Wildman–Crippen MR) is 55.2 cm³/mol. The van der Waals surface area contributed by atoms with Gasteiger partial charge in [0.15, 0.2) is 5.78 Å². The van der Waals surface area contributed by atoms with Crippen molar-refractivity contribution in [1.29, 1.82) is 0 Å². The molecule has 2 fully saturated rings. The summed E-state index contributed by atoms with van der Waals surface area (Å²) in [7, 11) is 0. The lowest BCUT2D eigenvalue weighted by atomic mass is 9.85. The Kier molecular flexibility index (Phi) is 2.91. The van der Waals surface area contributed by atoms with E-state index in [0.29, 0.717) is 12.4 Å². The van der Waals surface area contributed by atoms with E-state index in [4.69, 9.17) is 4.74 Å². The van der Waals surface area contributed by atoms with Crippen molar-refractivity contribution in [1.82, 2.24) is 0 Å². The Morgan fingerprint density at radius 3 is 2.57 bits per heavy atom. The Morgan fingerprint density at radius 1 is 1.36 bits per heavy atom. The minimum Gasteiger partial charge on any atom is -0.362 e. The number of rotatable bonds is 4. The molecule has 0 amide bonds. The summed E-state index contributed by atoms with van der Waals surface area (Å²) in [6.07, 6.45) is 8.64. The molecule has 1 heterocycles. The molecular formula is C12H20O2. The largest absolute Gasteiger partial charge is 0.362 e. The molecule has 2 heteroatoms. The average Bonchev–Trinajstić information content (AvgIpc) is 2.96. The van der Waals surface area contributed by atoms with Crippen LogP contribution >= 0.6 is 0 Å². The van der Waals surface area contributed by atoms with E-state index in [-0.39, 0.29) is 5.60 Å². The lowest BCUT2D eigenvalue weighted by Crippen LogP contribution is -2.21. The Balaban J connectivity index is 1.68. The zero-order valence-electron chi connectivity index (χ0n) is 9.05. The zero-order valence-corrected chi connectivity index (χ0v) is 9.05. The van der Waals surface area contributed by atoms with Crippen LogP contribution in [0.5, 0.6) is 0 Å². The highest BCUT2D eigenvalue weighted by Gasteiger charge is 2.46. The van der Waals surface area contributed by atoms with Crippen LogP contribution in [0.25, 0.3) is 0 Å². The number of epoxide rings is 1. The van der Waals surface area contributed by atoms with Gasteiger partial charge in [-0.25, -0.2) is 0 Å². The second kappa shape index (κ2) is 4.01. The Hall–Kier alpha value is -0.370. The first-order valence-electron chi connectivity index (χ1n) is 5.88. The normalized spacial score (nSPS) is 32.9. The van der Waals surface area contributed by atoms with Crippen LogP contribution < -0.4 is 0 Å². The second-order valence-electron chi connectivity index (χ2n) is 4.99. The third-order valence-electron chi connectivity index (χ3n) is 3.67. The van der Waals surface area contributed by atoms with Crippen molar-refractivity contribution in [3.05, 3.63) is 0 Å². The molecule has 1 atom stereocenters. The first-order valence-corrected chi connectivity index (χ1v) is 5.88. The van der Waals surface area contributed by atoms with Crippen molar-refractivity contribution >= 4 is 5.78 Å². The van der Waals surface area contributed by atoms with E-state index in [1.165, 1.54) is 32.1 Å². The summed E-state index contributed by atoms with van der Waals surface area (Å²) < 4.78 is 5.15. The average molecular weight is 196 g/mol. The van der Waals surface area contributed by atoms with Crippen LogP contribution in [0.1, 0.15) is 51.9 Å². The van der Waals surface area contributed by atoms with E-state index in [2.05, 4.69) is 0 Å². The fourth-order valence-electron chi connectivity index (χ4n) is 2.34. The molecule has 0 aromatic rings. The summed E-state index contributed by atoms with van der Waals surface area (Å²) in [6, 6.07) is 0. The fraction of sp³-hybridized carbons (Fsp3) is 0.917. The van der Waals surface area contributed by atoms with Gasteiger partial charge in [-0.3, -0.25) is 4.79 Å². The summed E-state index contributed by atoms with van der Waals surface area (Å²) in [5.74, 6) is 1.14. The summed E-state index contributed by atoms with van der Waals surface area (Å²) in [5.41, 5.74) is -0.380. The Labute approximate surface area is 86.0 Å². The number of hydrogen-bond donors (Lipinski definition) is 0. The summed E-state index contributed by atoms with van der Waals surface area (Å²) in [5, 5.41) is 0. The summed E-state index contributed by atoms with van der Waals surface area (Å²) in [6.45, 7) is 2.56. The molecule has 0 aromatic heterocycles. The molecule has 1 aliphatic heterocycles. The van der Waals surface area contributed by atoms with Gasteiger partial charge in [0.1, 0.15) is 5.60 Å². The van der Waals surface area contributed by atoms with Gasteiger partial charge < -0.3 is 4.74 Å². The van der Waals surface area contributed by atoms with Crippen LogP contribution in [0.3, 0.4) is 0 Å². The zero-order chi connectivity index (χ0) is 10.0. The Morgan fingerprint density at radius 2 is 2.00 bits per heavy atom. The smallest absolute Gasteiger partial charge is 0.166 e. The quantitative estimate of drug-likeness (QED) is 0.647. The van der Waals surface area contributed by atoms with Gasteiger partial charge in [0, 0.05) is 6.42 Å². The van der Waals surface area contributed by atoms with Crippen molar-refractivity contribution in [3.8, 4) is 0 Å². The van der Waals surface area contributed by atoms with Crippen LogP contribution in [-0.4, -0.2) is 18.0 Å². The molecule has 1 saturated carbocycles. The lowest BCUT2D eigenvalue weighted by Gasteiger charge is -2.21. The Bertz CT molecular complexity index is 212. The molecule has 0 spiro atoms. The minimum absolute atomic E-state index is 0.322. The third kappa shape index (κ3) is 2.35. The molecular weight excluding hydrogens is 176 g/mol. The van der Waals surface area contributed by atoms with Crippen LogP contribution in [0, 0.1) is 5.92 Å². The van der Waals surface area contributed by atoms with Crippen molar-refractivity contribution in [2.75, 3.05) is 6.61 Å². The number of carbonyl (C=O) groups is 1. The fourth-order valence-corrected chi connectivity index (χ4v) is 2.34. The van der Waals surface area contributed by atoms with E-state index < -0.39 is 0 Å². The SMILES string of the molecule is C[C@]1(C(=O)CCC2CCCCC2)CO1. The molecule has 1 aliphatic carbocycles. The number of carbonyl (C=O) groups excluding carboxylic acids is 1. The molecule has 0 radical (unpaired) electrons. The third-order valence-corrected chi connectivity index (χ3v) is 3.67. The van der Waals surface area contributed by atoms with Gasteiger partial charge in [-0.2, -0.15) is 0 Å². The topological polar surface area (TPSA) is 29.6 Å². The maximum atomic E-state index is 11.6. The van der Waals surface area contributed by atoms with E-state index in [1.54, 1.807) is 0 Å². The predicted octanol–water partition coefficient (Wildman–Crippen LogP) is 2.70. The highest BCUT2D eigenvalue weighted by Crippen LogP contribution is 2.32. The molecule has 80 valence electrons. The van der Waals surface area contributed by atoms with Gasteiger partial charge in [0.25, 0.3) is 0 Å². The molecule has 0 unspecified atom stereocenters. The van der Waals surface area contributed by atoms with Gasteiger partial charge in [-0.15, -0.1) is 0 Å². The van der Waals surface area contributed by atoms with Gasteiger partial charge in [0.05, 0.1) is 6.61 Å². The van der Waals surface area contributed by atoms with Crippen LogP contribution in [0.15, 0.2) is 0 Å². The van der Waals surface area contributed by atoms with Crippen molar-refractivity contribution in [2.45, 2.75) is 57.5 Å². The molecule has 0 N–H and O–H groups in total. The van der Waals surface area contributed by atoms with Gasteiger partial charge in [0.2, 0.25) is 0 Å². The monoisotopic (exact) mass is 196 g/mol. The summed E-state index contributed by atoms with van der Waals surface area (Å²) in [4.78, 5) is 11.6. The standard InChI is InChI=1S/C12H20O2/c1-12(9-14-12)11(13)8-7-10-5-3-2-4-6-10/h10H,2-9H2,1H3/t12-/m1/s1. The van der Waals surface area contributed by atoms with E-state index in [1.807, 2.05) is 6.92 Å². The summed E-state index contributed by atoms with van der Waals surface area (Å²) >= 11 is 0. The van der Waals surface area contributed by atoms with Crippen LogP contribution in [0.4, 0.5) is 0 Å². The van der Waals surface area contributed by atoms with Gasteiger partial charge in [-0.1, -0.05) is 32.1 Å². The molecule has 0 aromatic carbocycles. The number of ketones is 1. The van der Waals surface area contributed by atoms with E-state index in [0.717, 1.165) is 18.8 Å². The van der Waals surface area contributed by atoms with Gasteiger partial charge in [-0.05, 0) is 19.3 Å². The van der Waals surface area contributed by atoms with Crippen molar-refractivity contribution < 1.29 is 9.53 Å². The highest BCUT2D eigenvalue weighted by molar-refractivity contribution is 5.89. The molecule has 14 heavy (non-hydrogen) atoms. The maximum Gasteiger partial charge on any atom is 0.166 e. The van der Waals surface area contributed by atoms with E-state index in [9.17, 15) is 4.79 Å². The molecule has 1 saturated heterocycles. The number of Topliss-reactive ketones (excluding diaryl/α,β-unsaturated/α-hetero) is 1. The van der Waals surface area contributed by atoms with E-state index >= 15 is 0 Å². The molecule has 2 nitrogen and oxygen atoms in total. The van der Waals surface area contributed by atoms with Crippen molar-refractivity contribution in [2.24, 2.45) is 5.92 Å². The number of ether oxygens (including phenoxy) is 1. The highest BCUT2D eigenvalue weighted by atomic mass is 16.6. The van der Waals surface area contributed by atoms with Crippen LogP contribution in [-0.2, 0) is 9.53 Å². The van der Waals surface area contributed by atoms with Gasteiger partial charge >= 0.3 is 0 Å². The molecule has 2 rings (SSSR count). The molecule has 0 bridgehead atoms. The second-order valence-corrected chi connectivity index (χ2v) is 4.99. The minimum atomic E-state index is -0.380. The maximum absolute atomic E-state index is 11.6.